The second kappa shape index (κ2) is 53.8. The van der Waals surface area contributed by atoms with E-state index < -0.39 is 26.5 Å². The maximum atomic E-state index is 12.7. The Labute approximate surface area is 414 Å². The predicted octanol–water partition coefficient (Wildman–Crippen LogP) is 17.9. The minimum atomic E-state index is -4.38. The minimum Gasteiger partial charge on any atom is -0.462 e. The van der Waals surface area contributed by atoms with E-state index in [9.17, 15) is 19.0 Å². The summed E-state index contributed by atoms with van der Waals surface area (Å²) < 4.78 is 33.0. The molecule has 0 amide bonds. The Morgan fingerprint density at radius 2 is 0.776 bits per heavy atom. The standard InChI is InChI=1S/C57H110NO8P/c1-3-5-7-9-11-13-15-17-19-21-23-24-25-26-27-28-29-30-31-32-34-35-37-39-41-43-45-47-49-56(59)63-53-55(54-65-67(61,62)64-52-51-58)66-57(60)50-48-46-44-42-40-38-36-33-22-20-18-16-14-12-10-8-6-4-2/h14,16,20,22,55H,3-13,15,17-19,21,23-54,58H2,1-2H3,(H,61,62)/b16-14-,22-20-. The van der Waals surface area contributed by atoms with Gasteiger partial charge in [-0.1, -0.05) is 263 Å². The maximum absolute atomic E-state index is 12.7. The Kier molecular flexibility index (Phi) is 52.6. The van der Waals surface area contributed by atoms with E-state index in [1.807, 2.05) is 0 Å². The number of hydrogen-bond acceptors (Lipinski definition) is 8. The molecule has 0 saturated heterocycles. The molecule has 0 aromatic carbocycles. The lowest BCUT2D eigenvalue weighted by Crippen LogP contribution is -2.29. The second-order valence-electron chi connectivity index (χ2n) is 19.5. The quantitative estimate of drug-likeness (QED) is 0.0264. The highest BCUT2D eigenvalue weighted by atomic mass is 31.2. The van der Waals surface area contributed by atoms with E-state index in [0.29, 0.717) is 6.42 Å². The molecule has 0 rings (SSSR count). The summed E-state index contributed by atoms with van der Waals surface area (Å²) in [5, 5.41) is 0. The molecule has 9 nitrogen and oxygen atoms in total. The Balaban J connectivity index is 3.90. The van der Waals surface area contributed by atoms with Gasteiger partial charge in [0.05, 0.1) is 13.2 Å². The fourth-order valence-corrected chi connectivity index (χ4v) is 9.32. The first-order chi connectivity index (χ1) is 32.8. The van der Waals surface area contributed by atoms with E-state index >= 15 is 0 Å². The summed E-state index contributed by atoms with van der Waals surface area (Å²) >= 11 is 0. The second-order valence-corrected chi connectivity index (χ2v) is 21.0. The SMILES string of the molecule is CCCCCC/C=C\C/C=C\CCCCCCCCCC(=O)OC(COC(=O)CCCCCCCCCCCCCCCCCCCCCCCCCCCCCC)COP(=O)(O)OCCN. The van der Waals surface area contributed by atoms with Gasteiger partial charge in [-0.2, -0.15) is 0 Å². The number of carbonyl (C=O) groups is 2. The molecule has 67 heavy (non-hydrogen) atoms. The Hall–Kier alpha value is -1.51. The fourth-order valence-electron chi connectivity index (χ4n) is 8.55. The van der Waals surface area contributed by atoms with Gasteiger partial charge in [0.15, 0.2) is 6.10 Å². The van der Waals surface area contributed by atoms with Crippen LogP contribution in [0.4, 0.5) is 0 Å². The molecule has 0 spiro atoms. The van der Waals surface area contributed by atoms with Gasteiger partial charge in [-0.3, -0.25) is 18.6 Å². The summed E-state index contributed by atoms with van der Waals surface area (Å²) in [6, 6.07) is 0. The van der Waals surface area contributed by atoms with Crippen LogP contribution in [0.2, 0.25) is 0 Å². The molecule has 0 radical (unpaired) electrons. The molecular weight excluding hydrogens is 858 g/mol. The number of carbonyl (C=O) groups excluding carboxylic acids is 2. The largest absolute Gasteiger partial charge is 0.472 e. The Bertz CT molecular complexity index is 1150. The predicted molar refractivity (Wildman–Crippen MR) is 284 cm³/mol. The minimum absolute atomic E-state index is 0.0539. The smallest absolute Gasteiger partial charge is 0.462 e. The maximum Gasteiger partial charge on any atom is 0.472 e. The number of allylic oxidation sites excluding steroid dienone is 4. The number of hydrogen-bond donors (Lipinski definition) is 2. The van der Waals surface area contributed by atoms with Crippen molar-refractivity contribution in [2.45, 2.75) is 302 Å². The molecule has 2 unspecified atom stereocenters. The first-order valence-corrected chi connectivity index (χ1v) is 30.3. The average Bonchev–Trinajstić information content (AvgIpc) is 3.32. The average molecular weight is 968 g/mol. The number of rotatable bonds is 55. The molecule has 0 aliphatic rings. The molecule has 2 atom stereocenters. The van der Waals surface area contributed by atoms with Crippen molar-refractivity contribution in [1.29, 1.82) is 0 Å². The zero-order valence-corrected chi connectivity index (χ0v) is 45.1. The van der Waals surface area contributed by atoms with E-state index in [-0.39, 0.29) is 38.6 Å². The third kappa shape index (κ3) is 53.7. The third-order valence-corrected chi connectivity index (χ3v) is 13.8. The molecule has 0 aromatic heterocycles. The Morgan fingerprint density at radius 3 is 1.15 bits per heavy atom. The van der Waals surface area contributed by atoms with Crippen molar-refractivity contribution in [3.8, 4) is 0 Å². The van der Waals surface area contributed by atoms with E-state index in [2.05, 4.69) is 38.2 Å². The zero-order chi connectivity index (χ0) is 48.8. The number of esters is 2. The van der Waals surface area contributed by atoms with Crippen LogP contribution in [0.5, 0.6) is 0 Å². The van der Waals surface area contributed by atoms with Crippen LogP contribution in [0.1, 0.15) is 296 Å². The molecule has 0 saturated carbocycles. The van der Waals surface area contributed by atoms with Crippen molar-refractivity contribution in [3.63, 3.8) is 0 Å². The molecule has 0 aliphatic heterocycles. The van der Waals surface area contributed by atoms with Crippen LogP contribution in [-0.2, 0) is 32.7 Å². The number of phosphoric acid groups is 1. The van der Waals surface area contributed by atoms with Gasteiger partial charge in [0.2, 0.25) is 0 Å². The van der Waals surface area contributed by atoms with Crippen molar-refractivity contribution in [2.75, 3.05) is 26.4 Å². The number of nitrogens with two attached hydrogens (primary N) is 1. The fraction of sp³-hybridized carbons (Fsp3) is 0.895. The molecule has 3 N–H and O–H groups in total. The summed E-state index contributed by atoms with van der Waals surface area (Å²) in [5.41, 5.74) is 5.38. The van der Waals surface area contributed by atoms with E-state index in [4.69, 9.17) is 24.3 Å². The summed E-state index contributed by atoms with van der Waals surface area (Å²) in [6.07, 6.45) is 62.4. The Morgan fingerprint density at radius 1 is 0.448 bits per heavy atom. The number of ether oxygens (including phenoxy) is 2. The summed E-state index contributed by atoms with van der Waals surface area (Å²) in [4.78, 5) is 35.1. The van der Waals surface area contributed by atoms with Crippen LogP contribution in [0.15, 0.2) is 24.3 Å². The molecule has 0 fully saturated rings. The van der Waals surface area contributed by atoms with Crippen LogP contribution in [-0.4, -0.2) is 49.3 Å². The lowest BCUT2D eigenvalue weighted by Gasteiger charge is -2.19. The first kappa shape index (κ1) is 65.5. The lowest BCUT2D eigenvalue weighted by atomic mass is 10.0. The van der Waals surface area contributed by atoms with Gasteiger partial charge >= 0.3 is 19.8 Å². The van der Waals surface area contributed by atoms with Crippen molar-refractivity contribution in [2.24, 2.45) is 5.73 Å². The molecular formula is C57H110NO8P. The van der Waals surface area contributed by atoms with E-state index in [0.717, 1.165) is 51.4 Å². The van der Waals surface area contributed by atoms with Gasteiger partial charge in [-0.05, 0) is 44.9 Å². The zero-order valence-electron chi connectivity index (χ0n) is 44.2. The van der Waals surface area contributed by atoms with Crippen molar-refractivity contribution in [3.05, 3.63) is 24.3 Å². The molecule has 396 valence electrons. The van der Waals surface area contributed by atoms with Gasteiger partial charge in [0, 0.05) is 19.4 Å². The van der Waals surface area contributed by atoms with Crippen molar-refractivity contribution >= 4 is 19.8 Å². The molecule has 0 bridgehead atoms. The van der Waals surface area contributed by atoms with Gasteiger partial charge in [-0.25, -0.2) is 4.57 Å². The van der Waals surface area contributed by atoms with Gasteiger partial charge in [-0.15, -0.1) is 0 Å². The van der Waals surface area contributed by atoms with Crippen LogP contribution < -0.4 is 5.73 Å². The van der Waals surface area contributed by atoms with Crippen molar-refractivity contribution in [1.82, 2.24) is 0 Å². The lowest BCUT2D eigenvalue weighted by molar-refractivity contribution is -0.161. The molecule has 0 heterocycles. The van der Waals surface area contributed by atoms with Gasteiger partial charge < -0.3 is 20.1 Å². The molecule has 0 aromatic rings. The van der Waals surface area contributed by atoms with Crippen LogP contribution in [0.3, 0.4) is 0 Å². The number of unbranched alkanes of at least 4 members (excludes halogenated alkanes) is 38. The summed E-state index contributed by atoms with van der Waals surface area (Å²) in [5.74, 6) is -0.821. The highest BCUT2D eigenvalue weighted by Gasteiger charge is 2.26. The topological polar surface area (TPSA) is 134 Å². The highest BCUT2D eigenvalue weighted by Crippen LogP contribution is 2.43. The highest BCUT2D eigenvalue weighted by molar-refractivity contribution is 7.47. The van der Waals surface area contributed by atoms with Gasteiger partial charge in [0.25, 0.3) is 0 Å². The van der Waals surface area contributed by atoms with Crippen LogP contribution >= 0.6 is 7.82 Å². The molecule has 10 heteroatoms. The molecule has 0 aliphatic carbocycles. The number of phosphoric ester groups is 1. The third-order valence-electron chi connectivity index (χ3n) is 12.8. The monoisotopic (exact) mass is 968 g/mol. The van der Waals surface area contributed by atoms with Crippen LogP contribution in [0, 0.1) is 0 Å². The normalized spacial score (nSPS) is 13.2. The van der Waals surface area contributed by atoms with Gasteiger partial charge in [0.1, 0.15) is 6.61 Å². The van der Waals surface area contributed by atoms with Crippen LogP contribution in [0.25, 0.3) is 0 Å². The summed E-state index contributed by atoms with van der Waals surface area (Å²) in [7, 11) is -4.38. The first-order valence-electron chi connectivity index (χ1n) is 28.8. The van der Waals surface area contributed by atoms with Crippen molar-refractivity contribution < 1.29 is 37.6 Å². The van der Waals surface area contributed by atoms with E-state index in [1.165, 1.54) is 212 Å². The van der Waals surface area contributed by atoms with E-state index in [1.54, 1.807) is 0 Å². The summed E-state index contributed by atoms with van der Waals surface area (Å²) in [6.45, 7) is 3.77.